The maximum Gasteiger partial charge on any atom is 0.305 e. The summed E-state index contributed by atoms with van der Waals surface area (Å²) in [7, 11) is 0. The molecule has 0 radical (unpaired) electrons. The molecule has 2 heterocycles. The second-order valence-corrected chi connectivity index (χ2v) is 9.80. The van der Waals surface area contributed by atoms with E-state index in [9.17, 15) is 14.0 Å². The number of thiazole rings is 1. The van der Waals surface area contributed by atoms with Gasteiger partial charge in [0.1, 0.15) is 29.0 Å². The van der Waals surface area contributed by atoms with Crippen molar-refractivity contribution in [2.75, 3.05) is 18.5 Å². The first-order chi connectivity index (χ1) is 17.8. The number of pyridine rings is 1. The molecule has 0 saturated heterocycles. The van der Waals surface area contributed by atoms with Crippen molar-refractivity contribution in [2.24, 2.45) is 5.92 Å². The first-order valence-electron chi connectivity index (χ1n) is 11.8. The average molecular weight is 523 g/mol. The van der Waals surface area contributed by atoms with E-state index >= 15 is 0 Å². The number of carbonyl (C=O) groups is 2. The van der Waals surface area contributed by atoms with E-state index in [0.29, 0.717) is 27.7 Å². The number of para-hydroxylation sites is 1. The Labute approximate surface area is 217 Å². The number of ether oxygens (including phenoxy) is 1. The number of anilines is 1. The topological polar surface area (TPSA) is 113 Å². The molecule has 4 aromatic rings. The van der Waals surface area contributed by atoms with Crippen LogP contribution in [0.25, 0.3) is 20.8 Å². The van der Waals surface area contributed by atoms with Gasteiger partial charge in [-0.1, -0.05) is 26.0 Å². The highest BCUT2D eigenvalue weighted by molar-refractivity contribution is 7.21. The van der Waals surface area contributed by atoms with Crippen molar-refractivity contribution in [3.8, 4) is 16.3 Å². The van der Waals surface area contributed by atoms with Gasteiger partial charge in [-0.2, -0.15) is 0 Å². The third-order valence-electron chi connectivity index (χ3n) is 5.68. The Morgan fingerprint density at radius 1 is 1.14 bits per heavy atom. The predicted octanol–water partition coefficient (Wildman–Crippen LogP) is 5.22. The van der Waals surface area contributed by atoms with Crippen LogP contribution in [0.2, 0.25) is 0 Å². The quantitative estimate of drug-likeness (QED) is 0.248. The molecule has 0 saturated carbocycles. The van der Waals surface area contributed by atoms with E-state index in [0.717, 1.165) is 10.2 Å². The Balaban J connectivity index is 1.36. The van der Waals surface area contributed by atoms with Gasteiger partial charge in [-0.15, -0.1) is 11.3 Å². The fourth-order valence-corrected chi connectivity index (χ4v) is 4.51. The molecule has 3 N–H and O–H groups in total. The summed E-state index contributed by atoms with van der Waals surface area (Å²) in [5.41, 5.74) is 1.61. The molecular weight excluding hydrogens is 495 g/mol. The molecule has 192 valence electrons. The summed E-state index contributed by atoms with van der Waals surface area (Å²) < 4.78 is 21.8. The van der Waals surface area contributed by atoms with E-state index in [4.69, 9.17) is 9.84 Å². The lowest BCUT2D eigenvalue weighted by atomic mass is 10.1. The van der Waals surface area contributed by atoms with Gasteiger partial charge in [0, 0.05) is 24.4 Å². The van der Waals surface area contributed by atoms with Crippen molar-refractivity contribution in [3.63, 3.8) is 0 Å². The minimum atomic E-state index is -0.980. The second-order valence-electron chi connectivity index (χ2n) is 8.77. The molecule has 0 unspecified atom stereocenters. The molecule has 0 aliphatic rings. The number of amides is 1. The van der Waals surface area contributed by atoms with Crippen LogP contribution < -0.4 is 15.4 Å². The number of carbonyl (C=O) groups excluding carboxylic acids is 1. The summed E-state index contributed by atoms with van der Waals surface area (Å²) in [4.78, 5) is 31.5. The lowest BCUT2D eigenvalue weighted by molar-refractivity contribution is -0.136. The van der Waals surface area contributed by atoms with Crippen LogP contribution in [-0.4, -0.2) is 46.1 Å². The number of hydrogen-bond acceptors (Lipinski definition) is 7. The molecule has 1 amide bonds. The molecule has 1 atom stereocenters. The molecule has 8 nitrogen and oxygen atoms in total. The van der Waals surface area contributed by atoms with Crippen LogP contribution in [0.5, 0.6) is 5.75 Å². The first-order valence-corrected chi connectivity index (χ1v) is 12.6. The fourth-order valence-electron chi connectivity index (χ4n) is 3.52. The van der Waals surface area contributed by atoms with Gasteiger partial charge in [-0.25, -0.2) is 14.4 Å². The lowest BCUT2D eigenvalue weighted by Crippen LogP contribution is -2.32. The number of benzene rings is 2. The van der Waals surface area contributed by atoms with Crippen molar-refractivity contribution < 1.29 is 23.8 Å². The highest BCUT2D eigenvalue weighted by Gasteiger charge is 2.17. The maximum absolute atomic E-state index is 14.9. The molecule has 2 aromatic carbocycles. The largest absolute Gasteiger partial charge is 0.491 e. The standard InChI is InChI=1S/C27H27FN4O4S/c1-16(2)22(31-24-10-7-17(14-30-24)26(35)29-12-11-25(33)34)15-36-18-8-9-19(20(28)13-18)27-32-21-5-3-4-6-23(21)37-27/h3-10,13-14,16,22H,11-12,15H2,1-2H3,(H,29,35)(H,30,31)(H,33,34)/t22-/m1/s1. The van der Waals surface area contributed by atoms with Crippen LogP contribution in [0.15, 0.2) is 60.8 Å². The lowest BCUT2D eigenvalue weighted by Gasteiger charge is -2.23. The van der Waals surface area contributed by atoms with Crippen molar-refractivity contribution in [3.05, 3.63) is 72.2 Å². The monoisotopic (exact) mass is 522 g/mol. The third kappa shape index (κ3) is 6.79. The Morgan fingerprint density at radius 3 is 2.62 bits per heavy atom. The summed E-state index contributed by atoms with van der Waals surface area (Å²) in [6.07, 6.45) is 1.27. The van der Waals surface area contributed by atoms with E-state index in [1.54, 1.807) is 24.3 Å². The molecule has 0 bridgehead atoms. The number of nitrogens with one attached hydrogen (secondary N) is 2. The van der Waals surface area contributed by atoms with Crippen molar-refractivity contribution in [2.45, 2.75) is 26.3 Å². The number of nitrogens with zero attached hydrogens (tertiary/aromatic N) is 2. The summed E-state index contributed by atoms with van der Waals surface area (Å²) in [5.74, 6) is -0.623. The molecule has 2 aromatic heterocycles. The molecule has 10 heteroatoms. The third-order valence-corrected chi connectivity index (χ3v) is 6.75. The zero-order chi connectivity index (χ0) is 26.4. The maximum atomic E-state index is 14.9. The molecule has 0 fully saturated rings. The minimum Gasteiger partial charge on any atom is -0.491 e. The van der Waals surface area contributed by atoms with Gasteiger partial charge in [0.05, 0.1) is 28.2 Å². The number of halogens is 1. The summed E-state index contributed by atoms with van der Waals surface area (Å²) >= 11 is 1.44. The summed E-state index contributed by atoms with van der Waals surface area (Å²) in [6, 6.07) is 15.7. The minimum absolute atomic E-state index is 0.0447. The molecule has 37 heavy (non-hydrogen) atoms. The van der Waals surface area contributed by atoms with Gasteiger partial charge in [-0.05, 0) is 42.3 Å². The van der Waals surface area contributed by atoms with Gasteiger partial charge < -0.3 is 20.5 Å². The second kappa shape index (κ2) is 11.8. The van der Waals surface area contributed by atoms with E-state index in [1.807, 2.05) is 38.1 Å². The molecule has 4 rings (SSSR count). The van der Waals surface area contributed by atoms with Crippen molar-refractivity contribution in [1.82, 2.24) is 15.3 Å². The average Bonchev–Trinajstić information content (AvgIpc) is 3.30. The van der Waals surface area contributed by atoms with Crippen LogP contribution in [0.1, 0.15) is 30.6 Å². The Kier molecular flexibility index (Phi) is 8.29. The number of aromatic nitrogens is 2. The number of hydrogen-bond donors (Lipinski definition) is 3. The van der Waals surface area contributed by atoms with Gasteiger partial charge in [0.15, 0.2) is 0 Å². The molecule has 0 spiro atoms. The SMILES string of the molecule is CC(C)[C@@H](COc1ccc(-c2nc3ccccc3s2)c(F)c1)Nc1ccc(C(=O)NCCC(=O)O)cn1. The highest BCUT2D eigenvalue weighted by Crippen LogP contribution is 2.33. The normalized spacial score (nSPS) is 11.9. The number of carboxylic acids is 1. The molecule has 0 aliphatic carbocycles. The zero-order valence-electron chi connectivity index (χ0n) is 20.4. The Morgan fingerprint density at radius 2 is 1.95 bits per heavy atom. The number of fused-ring (bicyclic) bond motifs is 1. The fraction of sp³-hybridized carbons (Fsp3) is 0.259. The number of carboxylic acid groups (broad SMARTS) is 1. The van der Waals surface area contributed by atoms with Crippen molar-refractivity contribution >= 4 is 39.2 Å². The van der Waals surface area contributed by atoms with Gasteiger partial charge in [-0.3, -0.25) is 9.59 Å². The predicted molar refractivity (Wildman–Crippen MR) is 142 cm³/mol. The summed E-state index contributed by atoms with van der Waals surface area (Å²) in [6.45, 7) is 4.38. The van der Waals surface area contributed by atoms with Gasteiger partial charge in [0.2, 0.25) is 0 Å². The molecule has 0 aliphatic heterocycles. The van der Waals surface area contributed by atoms with Crippen LogP contribution in [0, 0.1) is 11.7 Å². The van der Waals surface area contributed by atoms with E-state index < -0.39 is 11.8 Å². The van der Waals surface area contributed by atoms with Gasteiger partial charge >= 0.3 is 5.97 Å². The highest BCUT2D eigenvalue weighted by atomic mass is 32.1. The van der Waals surface area contributed by atoms with Crippen LogP contribution in [0.3, 0.4) is 0 Å². The number of rotatable bonds is 11. The van der Waals surface area contributed by atoms with Crippen molar-refractivity contribution in [1.29, 1.82) is 0 Å². The molecular formula is C27H27FN4O4S. The number of aliphatic carboxylic acids is 1. The van der Waals surface area contributed by atoms with E-state index in [2.05, 4.69) is 20.6 Å². The smallest absolute Gasteiger partial charge is 0.305 e. The van der Waals surface area contributed by atoms with E-state index in [-0.39, 0.29) is 37.4 Å². The van der Waals surface area contributed by atoms with Crippen LogP contribution >= 0.6 is 11.3 Å². The van der Waals surface area contributed by atoms with Gasteiger partial charge in [0.25, 0.3) is 5.91 Å². The summed E-state index contributed by atoms with van der Waals surface area (Å²) in [5, 5.41) is 15.1. The van der Waals surface area contributed by atoms with Crippen LogP contribution in [-0.2, 0) is 4.79 Å². The first kappa shape index (κ1) is 26.0. The van der Waals surface area contributed by atoms with Crippen LogP contribution in [0.4, 0.5) is 10.2 Å². The Hall–Kier alpha value is -4.05. The van der Waals surface area contributed by atoms with E-state index in [1.165, 1.54) is 23.6 Å². The zero-order valence-corrected chi connectivity index (χ0v) is 21.2. The Bertz CT molecular complexity index is 1360.